The summed E-state index contributed by atoms with van der Waals surface area (Å²) in [5.41, 5.74) is 16.2. The van der Waals surface area contributed by atoms with Crippen molar-refractivity contribution in [3.8, 4) is 0 Å². The highest BCUT2D eigenvalue weighted by Gasteiger charge is 2.18. The quantitative estimate of drug-likeness (QED) is 0.0740. The number of nitrogens with zero attached hydrogens (tertiary/aromatic N) is 1. The van der Waals surface area contributed by atoms with Gasteiger partial charge in [0, 0.05) is 24.4 Å². The van der Waals surface area contributed by atoms with Crippen LogP contribution in [-0.4, -0.2) is 47.0 Å². The summed E-state index contributed by atoms with van der Waals surface area (Å²) in [5, 5.41) is 26.7. The molecular formula is C14H23N7O5. The summed E-state index contributed by atoms with van der Waals surface area (Å²) < 4.78 is 6.55. The van der Waals surface area contributed by atoms with Gasteiger partial charge in [-0.25, -0.2) is 4.79 Å². The first kappa shape index (κ1) is 20.6. The zero-order chi connectivity index (χ0) is 20.8. The van der Waals surface area contributed by atoms with Crippen molar-refractivity contribution in [3.63, 3.8) is 0 Å². The highest BCUT2D eigenvalue weighted by atomic mass is 16.6. The summed E-state index contributed by atoms with van der Waals surface area (Å²) in [7, 11) is 0. The minimum atomic E-state index is -1.12. The lowest BCUT2D eigenvalue weighted by atomic mass is 10.1. The lowest BCUT2D eigenvalue weighted by Gasteiger charge is -2.13. The van der Waals surface area contributed by atoms with Crippen LogP contribution in [0, 0.1) is 15.5 Å². The van der Waals surface area contributed by atoms with Crippen LogP contribution in [0.25, 0.3) is 0 Å². The molecule has 1 unspecified atom stereocenters. The van der Waals surface area contributed by atoms with Crippen molar-refractivity contribution in [1.29, 1.82) is 5.40 Å². The number of nitrogens with two attached hydrogens (primary N) is 3. The molecule has 0 aliphatic carbocycles. The van der Waals surface area contributed by atoms with Gasteiger partial charge < -0.3 is 32.9 Å². The monoisotopic (exact) mass is 369 g/mol. The second kappa shape index (κ2) is 12.0. The van der Waals surface area contributed by atoms with Crippen molar-refractivity contribution >= 4 is 29.2 Å². The number of amides is 1. The number of carbonyl (C=O) groups is 2. The fourth-order valence-corrected chi connectivity index (χ4v) is 1.63. The topological polar surface area (TPSA) is 223 Å². The standard InChI is InChI=1S/C8H17N5O3.C6H6N2O2/c9-4-6(14)13-5(7(15)16)2-1-3-12-8(10)11;7-5-1-3-6(4-2-5)8(9)10/h5H,1-4,9H2,(H,13,14)(H,15,16)(H4,10,11,12);1-4H,7H2. The minimum Gasteiger partial charge on any atom is -0.480 e. The van der Waals surface area contributed by atoms with Crippen molar-refractivity contribution < 1.29 is 21.0 Å². The first-order valence-corrected chi connectivity index (χ1v) is 7.44. The van der Waals surface area contributed by atoms with Gasteiger partial charge in [-0.3, -0.25) is 20.3 Å². The Hall–Kier alpha value is -3.41. The van der Waals surface area contributed by atoms with Crippen LogP contribution in [0.4, 0.5) is 11.4 Å². The first-order valence-electron chi connectivity index (χ1n) is 7.89. The van der Waals surface area contributed by atoms with Crippen LogP contribution in [0.3, 0.4) is 0 Å². The van der Waals surface area contributed by atoms with E-state index in [0.29, 0.717) is 18.7 Å². The van der Waals surface area contributed by atoms with E-state index < -0.39 is 22.8 Å². The number of benzene rings is 1. The Morgan fingerprint density at radius 2 is 2.00 bits per heavy atom. The Bertz CT molecular complexity index is 654. The summed E-state index contributed by atoms with van der Waals surface area (Å²) in [5.74, 6) is -1.67. The average Bonchev–Trinajstić information content (AvgIpc) is 2.64. The van der Waals surface area contributed by atoms with Crippen molar-refractivity contribution in [1.82, 2.24) is 10.6 Å². The molecule has 0 aromatic heterocycles. The van der Waals surface area contributed by atoms with E-state index in [4.69, 9.17) is 23.7 Å². The first-order chi connectivity index (χ1) is 12.7. The zero-order valence-electron chi connectivity index (χ0n) is 14.9. The van der Waals surface area contributed by atoms with Gasteiger partial charge in [0.2, 0.25) is 5.91 Å². The van der Waals surface area contributed by atoms with Gasteiger partial charge in [0.1, 0.15) is 6.04 Å². The molecule has 10 N–H and O–H groups in total. The molecular weight excluding hydrogens is 346 g/mol. The fraction of sp³-hybridized carbons (Fsp3) is 0.357. The summed E-state index contributed by atoms with van der Waals surface area (Å²) in [6, 6.07) is 4.77. The maximum absolute atomic E-state index is 10.9. The second-order valence-corrected chi connectivity index (χ2v) is 4.97. The molecule has 0 heterocycles. The number of non-ortho nitro benzene ring substituents is 1. The molecule has 0 radical (unpaired) electrons. The predicted octanol–water partition coefficient (Wildman–Crippen LogP) is -1.05. The molecule has 0 aliphatic heterocycles. The molecule has 0 saturated heterocycles. The minimum absolute atomic E-state index is 0.0390. The summed E-state index contributed by atoms with van der Waals surface area (Å²) >= 11 is 0. The lowest BCUT2D eigenvalue weighted by Crippen LogP contribution is -2.44. The number of carbonyl (C=O) groups excluding carboxylic acids is 1. The van der Waals surface area contributed by atoms with Crippen molar-refractivity contribution in [2.24, 2.45) is 11.5 Å². The molecule has 1 aromatic rings. The van der Waals surface area contributed by atoms with E-state index in [0.717, 1.165) is 0 Å². The fourth-order valence-electron chi connectivity index (χ4n) is 1.63. The summed E-state index contributed by atoms with van der Waals surface area (Å²) in [4.78, 5) is 31.3. The average molecular weight is 369 g/mol. The van der Waals surface area contributed by atoms with Gasteiger partial charge in [0.25, 0.3) is 5.69 Å². The number of nitrogen functional groups attached to an aromatic ring is 1. The molecule has 0 aliphatic rings. The molecule has 1 rings (SSSR count). The van der Waals surface area contributed by atoms with Crippen LogP contribution in [0.5, 0.6) is 0 Å². The van der Waals surface area contributed by atoms with E-state index in [-0.39, 0.29) is 24.6 Å². The molecule has 0 spiro atoms. The molecule has 1 amide bonds. The molecule has 12 nitrogen and oxygen atoms in total. The number of aliphatic carboxylic acids is 1. The van der Waals surface area contributed by atoms with Crippen LogP contribution in [-0.2, 0) is 9.59 Å². The number of nitro groups is 1. The highest BCUT2D eigenvalue weighted by Crippen LogP contribution is 2.12. The smallest absolute Gasteiger partial charge is 0.326 e. The summed E-state index contributed by atoms with van der Waals surface area (Å²) in [6.07, 6.45) is 0.692. The third-order valence-corrected chi connectivity index (χ3v) is 2.90. The molecule has 0 fully saturated rings. The normalized spacial score (nSPS) is 12.0. The van der Waals surface area contributed by atoms with E-state index in [1.165, 1.54) is 24.3 Å². The molecule has 0 bridgehead atoms. The van der Waals surface area contributed by atoms with E-state index in [1.807, 2.05) is 0 Å². The number of rotatable bonds is 8. The Morgan fingerprint density at radius 1 is 1.38 bits per heavy atom. The number of anilines is 1. The molecule has 0 saturated carbocycles. The maximum atomic E-state index is 10.9. The largest absolute Gasteiger partial charge is 0.480 e. The molecule has 1 atom stereocenters. The van der Waals surface area contributed by atoms with Crippen LogP contribution in [0.1, 0.15) is 12.8 Å². The van der Waals surface area contributed by atoms with Crippen LogP contribution in [0.15, 0.2) is 24.3 Å². The number of nitrogens with one attached hydrogen (secondary N) is 3. The van der Waals surface area contributed by atoms with Gasteiger partial charge in [-0.1, -0.05) is 0 Å². The number of hydrogen-bond acceptors (Lipinski definition) is 7. The number of guanidine groups is 1. The van der Waals surface area contributed by atoms with Gasteiger partial charge in [-0.05, 0) is 25.0 Å². The van der Waals surface area contributed by atoms with Crippen molar-refractivity contribution in [2.75, 3.05) is 18.8 Å². The number of hydrogen-bond donors (Lipinski definition) is 7. The van der Waals surface area contributed by atoms with Gasteiger partial charge in [0.05, 0.1) is 11.5 Å². The number of carboxylic acids is 1. The van der Waals surface area contributed by atoms with E-state index in [9.17, 15) is 19.7 Å². The Labute approximate surface area is 150 Å². The van der Waals surface area contributed by atoms with Gasteiger partial charge in [-0.15, -0.1) is 0 Å². The molecule has 144 valence electrons. The SMILES string of the molecule is Nc1ccc([N+](=O)[O-])cc1.[H]/N=C(/N)NCCCC(NC(=O)CN)C(=O)O. The van der Waals surface area contributed by atoms with E-state index in [1.54, 1.807) is 0 Å². The van der Waals surface area contributed by atoms with Crippen LogP contribution in [0.2, 0.25) is 1.41 Å². The van der Waals surface area contributed by atoms with Gasteiger partial charge in [0.15, 0.2) is 7.37 Å². The molecule has 12 heteroatoms. The molecule has 26 heavy (non-hydrogen) atoms. The second-order valence-electron chi connectivity index (χ2n) is 4.97. The predicted molar refractivity (Wildman–Crippen MR) is 95.3 cm³/mol. The third-order valence-electron chi connectivity index (χ3n) is 2.90. The van der Waals surface area contributed by atoms with Crippen LogP contribution >= 0.6 is 0 Å². The Kier molecular flexibility index (Phi) is 9.54. The van der Waals surface area contributed by atoms with Crippen molar-refractivity contribution in [3.05, 3.63) is 34.4 Å². The van der Waals surface area contributed by atoms with Crippen molar-refractivity contribution in [2.45, 2.75) is 18.9 Å². The summed E-state index contributed by atoms with van der Waals surface area (Å²) in [6.45, 7) is 0.122. The maximum Gasteiger partial charge on any atom is 0.326 e. The Morgan fingerprint density at radius 3 is 2.46 bits per heavy atom. The Balaban J connectivity index is 0.000000569. The number of nitro benzene ring substituents is 1. The van der Waals surface area contributed by atoms with Gasteiger partial charge >= 0.3 is 5.97 Å². The zero-order valence-corrected chi connectivity index (χ0v) is 13.9. The van der Waals surface area contributed by atoms with E-state index in [2.05, 4.69) is 16.0 Å². The number of carboxylic acid groups (broad SMARTS) is 1. The third kappa shape index (κ3) is 10.4. The highest BCUT2D eigenvalue weighted by molar-refractivity contribution is 5.84. The van der Waals surface area contributed by atoms with Crippen LogP contribution < -0.4 is 27.8 Å². The molecule has 1 aromatic carbocycles. The van der Waals surface area contributed by atoms with E-state index >= 15 is 0 Å². The lowest BCUT2D eigenvalue weighted by molar-refractivity contribution is -0.384. The van der Waals surface area contributed by atoms with Gasteiger partial charge in [-0.2, -0.15) is 0 Å².